The van der Waals surface area contributed by atoms with Gasteiger partial charge in [0.2, 0.25) is 0 Å². The van der Waals surface area contributed by atoms with Crippen LogP contribution in [-0.2, 0) is 6.42 Å². The molecule has 4 nitrogen and oxygen atoms in total. The van der Waals surface area contributed by atoms with E-state index in [0.717, 1.165) is 11.3 Å². The van der Waals surface area contributed by atoms with E-state index in [4.69, 9.17) is 11.6 Å². The van der Waals surface area contributed by atoms with Crippen LogP contribution >= 0.6 is 11.6 Å². The number of benzene rings is 1. The van der Waals surface area contributed by atoms with Crippen molar-refractivity contribution >= 4 is 11.6 Å². The van der Waals surface area contributed by atoms with Gasteiger partial charge in [-0.3, -0.25) is 0 Å². The second-order valence-electron chi connectivity index (χ2n) is 3.65. The van der Waals surface area contributed by atoms with Crippen LogP contribution in [0.1, 0.15) is 17.3 Å². The summed E-state index contributed by atoms with van der Waals surface area (Å²) in [5, 5.41) is 13.6. The van der Waals surface area contributed by atoms with E-state index in [2.05, 4.69) is 20.7 Å². The van der Waals surface area contributed by atoms with Gasteiger partial charge in [-0.25, -0.2) is 4.39 Å². The zero-order valence-corrected chi connectivity index (χ0v) is 10.0. The highest BCUT2D eigenvalue weighted by atomic mass is 35.5. The van der Waals surface area contributed by atoms with Crippen LogP contribution in [0.2, 0.25) is 5.02 Å². The van der Waals surface area contributed by atoms with Crippen molar-refractivity contribution in [3.05, 3.63) is 46.5 Å². The summed E-state index contributed by atoms with van der Waals surface area (Å²) in [7, 11) is 1.81. The van der Waals surface area contributed by atoms with Gasteiger partial charge in [0.05, 0.1) is 23.0 Å². The van der Waals surface area contributed by atoms with E-state index < -0.39 is 5.82 Å². The fraction of sp³-hybridized carbons (Fsp3) is 0.273. The molecule has 0 amide bonds. The van der Waals surface area contributed by atoms with Gasteiger partial charge in [-0.15, -0.1) is 0 Å². The molecule has 2 aromatic rings. The first-order valence-electron chi connectivity index (χ1n) is 5.18. The highest BCUT2D eigenvalue weighted by Gasteiger charge is 2.15. The van der Waals surface area contributed by atoms with Crippen molar-refractivity contribution in [3.63, 3.8) is 0 Å². The zero-order valence-electron chi connectivity index (χ0n) is 9.24. The molecule has 1 aromatic carbocycles. The summed E-state index contributed by atoms with van der Waals surface area (Å²) < 4.78 is 13.3. The molecule has 0 aliphatic heterocycles. The number of nitrogens with one attached hydrogen (secondary N) is 2. The predicted molar refractivity (Wildman–Crippen MR) is 63.3 cm³/mol. The van der Waals surface area contributed by atoms with Gasteiger partial charge in [0.25, 0.3) is 0 Å². The third-order valence-corrected chi connectivity index (χ3v) is 3.02. The van der Waals surface area contributed by atoms with E-state index in [9.17, 15) is 4.39 Å². The minimum atomic E-state index is -0.404. The summed E-state index contributed by atoms with van der Waals surface area (Å²) in [5.41, 5.74) is 1.52. The summed E-state index contributed by atoms with van der Waals surface area (Å²) in [6, 6.07) is 4.74. The van der Waals surface area contributed by atoms with Gasteiger partial charge < -0.3 is 5.32 Å². The van der Waals surface area contributed by atoms with Crippen LogP contribution in [0, 0.1) is 5.82 Å². The number of rotatable bonds is 4. The number of nitrogens with zero attached hydrogens (tertiary/aromatic N) is 2. The smallest absolute Gasteiger partial charge is 0.142 e. The summed E-state index contributed by atoms with van der Waals surface area (Å²) in [4.78, 5) is 0. The van der Waals surface area contributed by atoms with Crippen molar-refractivity contribution < 1.29 is 4.39 Å². The van der Waals surface area contributed by atoms with E-state index in [0.29, 0.717) is 6.42 Å². The highest BCUT2D eigenvalue weighted by molar-refractivity contribution is 6.31. The van der Waals surface area contributed by atoms with Gasteiger partial charge >= 0.3 is 0 Å². The molecule has 0 radical (unpaired) electrons. The van der Waals surface area contributed by atoms with Crippen molar-refractivity contribution in [2.24, 2.45) is 0 Å². The fourth-order valence-corrected chi connectivity index (χ4v) is 1.86. The molecule has 1 aromatic heterocycles. The van der Waals surface area contributed by atoms with Gasteiger partial charge in [0.1, 0.15) is 5.82 Å². The molecule has 0 saturated heterocycles. The Bertz CT molecular complexity index is 486. The molecule has 0 aliphatic carbocycles. The van der Waals surface area contributed by atoms with E-state index in [-0.39, 0.29) is 11.1 Å². The van der Waals surface area contributed by atoms with Gasteiger partial charge in [0.15, 0.2) is 0 Å². The van der Waals surface area contributed by atoms with E-state index in [1.165, 1.54) is 6.07 Å². The Morgan fingerprint density at radius 1 is 1.53 bits per heavy atom. The average molecular weight is 255 g/mol. The molecule has 2 rings (SSSR count). The summed E-state index contributed by atoms with van der Waals surface area (Å²) in [5.74, 6) is -0.404. The molecular formula is C11H12ClFN4. The number of likely N-dealkylation sites (N-methyl/N-ethyl adjacent to an activating group) is 1. The van der Waals surface area contributed by atoms with Crippen LogP contribution in [0.3, 0.4) is 0 Å². The number of halogens is 2. The van der Waals surface area contributed by atoms with Crippen molar-refractivity contribution in [3.8, 4) is 0 Å². The second kappa shape index (κ2) is 5.25. The van der Waals surface area contributed by atoms with Crippen molar-refractivity contribution in [2.45, 2.75) is 12.5 Å². The topological polar surface area (TPSA) is 53.6 Å². The highest BCUT2D eigenvalue weighted by Crippen LogP contribution is 2.24. The summed E-state index contributed by atoms with van der Waals surface area (Å²) in [6.07, 6.45) is 2.19. The molecule has 0 fully saturated rings. The van der Waals surface area contributed by atoms with Crippen LogP contribution < -0.4 is 5.32 Å². The van der Waals surface area contributed by atoms with Gasteiger partial charge in [-0.05, 0) is 25.1 Å². The van der Waals surface area contributed by atoms with Gasteiger partial charge in [-0.1, -0.05) is 23.7 Å². The average Bonchev–Trinajstić information content (AvgIpc) is 2.85. The predicted octanol–water partition coefficient (Wildman–Crippen LogP) is 2.10. The molecule has 0 saturated carbocycles. The first kappa shape index (κ1) is 12.0. The van der Waals surface area contributed by atoms with Crippen LogP contribution in [0.5, 0.6) is 0 Å². The fourth-order valence-electron chi connectivity index (χ4n) is 1.66. The maximum Gasteiger partial charge on any atom is 0.142 e. The minimum Gasteiger partial charge on any atom is -0.311 e. The molecule has 2 N–H and O–H groups in total. The zero-order chi connectivity index (χ0) is 12.3. The Morgan fingerprint density at radius 3 is 3.00 bits per heavy atom. The lowest BCUT2D eigenvalue weighted by molar-refractivity contribution is 0.569. The van der Waals surface area contributed by atoms with Gasteiger partial charge in [-0.2, -0.15) is 15.4 Å². The first-order chi connectivity index (χ1) is 8.22. The Balaban J connectivity index is 2.22. The Morgan fingerprint density at radius 2 is 2.35 bits per heavy atom. The normalized spacial score (nSPS) is 12.6. The van der Waals surface area contributed by atoms with Gasteiger partial charge in [0, 0.05) is 0 Å². The molecule has 6 heteroatoms. The quantitative estimate of drug-likeness (QED) is 0.879. The first-order valence-corrected chi connectivity index (χ1v) is 5.56. The number of aromatic amines is 1. The maximum atomic E-state index is 13.3. The molecular weight excluding hydrogens is 243 g/mol. The maximum absolute atomic E-state index is 13.3. The molecule has 1 unspecified atom stereocenters. The van der Waals surface area contributed by atoms with Crippen molar-refractivity contribution in [1.29, 1.82) is 0 Å². The molecule has 1 heterocycles. The standard InChI is InChI=1S/C11H12ClFN4/c1-14-9(10-6-15-17-16-10)5-7-3-2-4-8(13)11(7)12/h2-4,6,9,14H,5H2,1H3,(H,15,16,17). The number of hydrogen-bond acceptors (Lipinski definition) is 3. The SMILES string of the molecule is CNC(Cc1cccc(F)c1Cl)c1cn[nH]n1. The van der Waals surface area contributed by atoms with Crippen molar-refractivity contribution in [2.75, 3.05) is 7.05 Å². The Kier molecular flexibility index (Phi) is 3.71. The van der Waals surface area contributed by atoms with Crippen LogP contribution in [-0.4, -0.2) is 22.5 Å². The lowest BCUT2D eigenvalue weighted by Gasteiger charge is -2.14. The molecule has 0 bridgehead atoms. The minimum absolute atomic E-state index is 0.0481. The molecule has 0 aliphatic rings. The lowest BCUT2D eigenvalue weighted by Crippen LogP contribution is -2.19. The summed E-state index contributed by atoms with van der Waals surface area (Å²) in [6.45, 7) is 0. The van der Waals surface area contributed by atoms with E-state index in [1.54, 1.807) is 18.3 Å². The van der Waals surface area contributed by atoms with Crippen LogP contribution in [0.15, 0.2) is 24.4 Å². The summed E-state index contributed by atoms with van der Waals surface area (Å²) >= 11 is 5.91. The molecule has 17 heavy (non-hydrogen) atoms. The molecule has 90 valence electrons. The largest absolute Gasteiger partial charge is 0.311 e. The molecule has 0 spiro atoms. The van der Waals surface area contributed by atoms with Crippen LogP contribution in [0.4, 0.5) is 4.39 Å². The van der Waals surface area contributed by atoms with E-state index >= 15 is 0 Å². The molecule has 1 atom stereocenters. The third kappa shape index (κ3) is 2.62. The number of aromatic nitrogens is 3. The second-order valence-corrected chi connectivity index (χ2v) is 4.03. The van der Waals surface area contributed by atoms with Crippen LogP contribution in [0.25, 0.3) is 0 Å². The van der Waals surface area contributed by atoms with E-state index in [1.807, 2.05) is 7.05 Å². The number of hydrogen-bond donors (Lipinski definition) is 2. The third-order valence-electron chi connectivity index (χ3n) is 2.59. The number of H-pyrrole nitrogens is 1. The Labute approximate surface area is 103 Å². The lowest BCUT2D eigenvalue weighted by atomic mass is 10.0. The van der Waals surface area contributed by atoms with Crippen molar-refractivity contribution in [1.82, 2.24) is 20.7 Å². The monoisotopic (exact) mass is 254 g/mol. The Hall–Kier alpha value is -1.46.